The first-order chi connectivity index (χ1) is 18.8. The van der Waals surface area contributed by atoms with Crippen molar-refractivity contribution in [3.05, 3.63) is 47.3 Å². The van der Waals surface area contributed by atoms with Crippen molar-refractivity contribution < 1.29 is 62.8 Å². The standard InChI is InChI=1S/C26H30O13/c1-3-11-12-5-7-32-21(30)16(12)24-35-10-15-19(37-22(11)38-24)17(27)18(28)25(36-15)39-23-13(4-2)26(31)6-8-33-20(29)14(26)9-34-23/h3-4,9,13,15,17-19,22-25,27-28,31H,2,5-8,10H2,1H3/b11-3-/t13-,15+,17+,18+,19+,22-,23-,24+,25-,26+/m0/s1. The number of hydrogen-bond acceptors (Lipinski definition) is 13. The summed E-state index contributed by atoms with van der Waals surface area (Å²) in [5.74, 6) is -2.17. The number of ether oxygens (including phenoxy) is 8. The maximum absolute atomic E-state index is 12.5. The first-order valence-corrected chi connectivity index (χ1v) is 12.8. The number of allylic oxidation sites excluding steroid dienone is 1. The van der Waals surface area contributed by atoms with Crippen LogP contribution in [0.4, 0.5) is 0 Å². The van der Waals surface area contributed by atoms with Gasteiger partial charge in [-0.1, -0.05) is 12.2 Å². The molecule has 6 aliphatic heterocycles. The number of esters is 2. The minimum absolute atomic E-state index is 0.00623. The molecular formula is C26H30O13. The topological polar surface area (TPSA) is 169 Å². The molecular weight excluding hydrogens is 520 g/mol. The van der Waals surface area contributed by atoms with Crippen molar-refractivity contribution in [2.45, 2.75) is 74.9 Å². The smallest absolute Gasteiger partial charge is 0.340 e. The van der Waals surface area contributed by atoms with E-state index < -0.39 is 73.0 Å². The number of hydrogen-bond donors (Lipinski definition) is 3. The van der Waals surface area contributed by atoms with E-state index in [1.807, 2.05) is 0 Å². The molecule has 2 bridgehead atoms. The lowest BCUT2D eigenvalue weighted by Gasteiger charge is -2.49. The maximum Gasteiger partial charge on any atom is 0.340 e. The molecule has 3 saturated heterocycles. The van der Waals surface area contributed by atoms with Gasteiger partial charge in [-0.2, -0.15) is 0 Å². The van der Waals surface area contributed by atoms with Crippen LogP contribution in [0.3, 0.4) is 0 Å². The molecule has 0 amide bonds. The Labute approximate surface area is 223 Å². The van der Waals surface area contributed by atoms with Crippen molar-refractivity contribution >= 4 is 11.9 Å². The third-order valence-electron chi connectivity index (χ3n) is 7.95. The Morgan fingerprint density at radius 2 is 1.85 bits per heavy atom. The SMILES string of the molecule is C=C[C@H]1[C@H](O[C@@H]2O[C@@H]3CO[C@@H]4O[C@H](O[C@H]3[C@H](O)[C@H]2O)/C(=C\C)C2=C4C(=O)OCC2)OC=C2C(=O)OCC[C@]21O. The molecule has 3 fully saturated rings. The molecule has 13 heteroatoms. The fraction of sp³-hybridized carbons (Fsp3) is 0.615. The van der Waals surface area contributed by atoms with Gasteiger partial charge in [-0.25, -0.2) is 9.59 Å². The fourth-order valence-electron chi connectivity index (χ4n) is 5.88. The fourth-order valence-corrected chi connectivity index (χ4v) is 5.88. The van der Waals surface area contributed by atoms with Gasteiger partial charge in [-0.15, -0.1) is 6.58 Å². The van der Waals surface area contributed by atoms with E-state index in [0.29, 0.717) is 17.6 Å². The zero-order valence-corrected chi connectivity index (χ0v) is 21.1. The van der Waals surface area contributed by atoms with Gasteiger partial charge < -0.3 is 53.2 Å². The summed E-state index contributed by atoms with van der Waals surface area (Å²) in [4.78, 5) is 24.7. The van der Waals surface area contributed by atoms with Gasteiger partial charge >= 0.3 is 11.9 Å². The quantitative estimate of drug-likeness (QED) is 0.303. The van der Waals surface area contributed by atoms with Crippen LogP contribution in [0, 0.1) is 5.92 Å². The molecule has 13 nitrogen and oxygen atoms in total. The van der Waals surface area contributed by atoms with Crippen molar-refractivity contribution in [3.8, 4) is 0 Å². The van der Waals surface area contributed by atoms with Gasteiger partial charge in [0, 0.05) is 18.4 Å². The molecule has 0 aliphatic carbocycles. The van der Waals surface area contributed by atoms with Crippen molar-refractivity contribution in [3.63, 3.8) is 0 Å². The van der Waals surface area contributed by atoms with Gasteiger partial charge in [0.25, 0.3) is 0 Å². The van der Waals surface area contributed by atoms with Gasteiger partial charge in [0.05, 0.1) is 37.6 Å². The summed E-state index contributed by atoms with van der Waals surface area (Å²) in [6, 6.07) is 0. The summed E-state index contributed by atoms with van der Waals surface area (Å²) in [5, 5.41) is 33.3. The van der Waals surface area contributed by atoms with Crippen LogP contribution in [0.5, 0.6) is 0 Å². The molecule has 3 N–H and O–H groups in total. The summed E-state index contributed by atoms with van der Waals surface area (Å²) in [6.07, 6.45) is -5.09. The number of aliphatic hydroxyl groups excluding tert-OH is 2. The van der Waals surface area contributed by atoms with Crippen LogP contribution < -0.4 is 0 Å². The van der Waals surface area contributed by atoms with E-state index in [4.69, 9.17) is 37.9 Å². The average Bonchev–Trinajstić information content (AvgIpc) is 2.90. The Morgan fingerprint density at radius 1 is 1.05 bits per heavy atom. The van der Waals surface area contributed by atoms with Gasteiger partial charge in [-0.3, -0.25) is 0 Å². The van der Waals surface area contributed by atoms with Crippen molar-refractivity contribution in [2.75, 3.05) is 19.8 Å². The van der Waals surface area contributed by atoms with E-state index in [1.165, 1.54) is 6.08 Å². The van der Waals surface area contributed by atoms with Crippen molar-refractivity contribution in [2.24, 2.45) is 5.92 Å². The second-order valence-corrected chi connectivity index (χ2v) is 10.0. The van der Waals surface area contributed by atoms with E-state index >= 15 is 0 Å². The first kappa shape index (κ1) is 26.6. The van der Waals surface area contributed by atoms with E-state index in [2.05, 4.69) is 6.58 Å². The Balaban J connectivity index is 1.24. The zero-order chi connectivity index (χ0) is 27.5. The van der Waals surface area contributed by atoms with E-state index in [-0.39, 0.29) is 37.4 Å². The maximum atomic E-state index is 12.5. The van der Waals surface area contributed by atoms with E-state index in [1.54, 1.807) is 13.0 Å². The Hall–Kier alpha value is -2.62. The highest BCUT2D eigenvalue weighted by Gasteiger charge is 2.56. The molecule has 0 aromatic rings. The Morgan fingerprint density at radius 3 is 2.62 bits per heavy atom. The number of cyclic esters (lactones) is 2. The molecule has 0 saturated carbocycles. The largest absolute Gasteiger partial charge is 0.471 e. The van der Waals surface area contributed by atoms with Crippen molar-refractivity contribution in [1.82, 2.24) is 0 Å². The number of fused-ring (bicyclic) bond motifs is 5. The molecule has 0 aromatic carbocycles. The molecule has 6 rings (SSSR count). The summed E-state index contributed by atoms with van der Waals surface area (Å²) < 4.78 is 45.6. The Bertz CT molecular complexity index is 1140. The monoisotopic (exact) mass is 550 g/mol. The number of carbonyl (C=O) groups is 2. The summed E-state index contributed by atoms with van der Waals surface area (Å²) in [6.45, 7) is 5.54. The molecule has 10 atom stereocenters. The number of carbonyl (C=O) groups excluding carboxylic acids is 2. The minimum Gasteiger partial charge on any atom is -0.471 e. The predicted molar refractivity (Wildman–Crippen MR) is 125 cm³/mol. The molecule has 6 heterocycles. The molecule has 0 unspecified atom stereocenters. The van der Waals surface area contributed by atoms with Crippen molar-refractivity contribution in [1.29, 1.82) is 0 Å². The second-order valence-electron chi connectivity index (χ2n) is 10.0. The lowest BCUT2D eigenvalue weighted by atomic mass is 9.76. The van der Waals surface area contributed by atoms with Gasteiger partial charge in [-0.05, 0) is 12.5 Å². The first-order valence-electron chi connectivity index (χ1n) is 12.8. The molecule has 212 valence electrons. The van der Waals surface area contributed by atoms with Crippen LogP contribution in [-0.4, -0.2) is 102 Å². The number of aliphatic hydroxyl groups is 3. The summed E-state index contributed by atoms with van der Waals surface area (Å²) >= 11 is 0. The Kier molecular flexibility index (Phi) is 6.88. The van der Waals surface area contributed by atoms with Crippen LogP contribution in [0.15, 0.2) is 47.3 Å². The van der Waals surface area contributed by atoms with Gasteiger partial charge in [0.15, 0.2) is 18.9 Å². The highest BCUT2D eigenvalue weighted by atomic mass is 16.8. The van der Waals surface area contributed by atoms with Crippen LogP contribution in [0.25, 0.3) is 0 Å². The molecule has 6 aliphatic rings. The third kappa shape index (κ3) is 4.24. The summed E-state index contributed by atoms with van der Waals surface area (Å²) in [7, 11) is 0. The van der Waals surface area contributed by atoms with Gasteiger partial charge in [0.1, 0.15) is 35.6 Å². The second kappa shape index (κ2) is 10.1. The molecule has 39 heavy (non-hydrogen) atoms. The predicted octanol–water partition coefficient (Wildman–Crippen LogP) is -0.542. The zero-order valence-electron chi connectivity index (χ0n) is 21.1. The normalized spacial score (nSPS) is 44.9. The molecule has 0 spiro atoms. The lowest BCUT2D eigenvalue weighted by molar-refractivity contribution is -0.375. The highest BCUT2D eigenvalue weighted by Crippen LogP contribution is 2.43. The van der Waals surface area contributed by atoms with Crippen LogP contribution in [0.1, 0.15) is 19.8 Å². The van der Waals surface area contributed by atoms with Gasteiger partial charge in [0.2, 0.25) is 6.29 Å². The summed E-state index contributed by atoms with van der Waals surface area (Å²) in [5.41, 5.74) is -0.156. The van der Waals surface area contributed by atoms with Crippen LogP contribution >= 0.6 is 0 Å². The molecule has 0 radical (unpaired) electrons. The number of rotatable bonds is 3. The lowest BCUT2D eigenvalue weighted by Crippen LogP contribution is -2.64. The van der Waals surface area contributed by atoms with Crippen LogP contribution in [0.2, 0.25) is 0 Å². The third-order valence-corrected chi connectivity index (χ3v) is 7.95. The minimum atomic E-state index is -1.66. The van der Waals surface area contributed by atoms with E-state index in [0.717, 1.165) is 6.26 Å². The van der Waals surface area contributed by atoms with E-state index in [9.17, 15) is 24.9 Å². The van der Waals surface area contributed by atoms with Crippen LogP contribution in [-0.2, 0) is 47.5 Å². The average molecular weight is 551 g/mol. The highest BCUT2D eigenvalue weighted by molar-refractivity contribution is 5.92. The molecule has 0 aromatic heterocycles.